The van der Waals surface area contributed by atoms with Crippen LogP contribution in [0.3, 0.4) is 0 Å². The molecule has 2 aliphatic heterocycles. The molecule has 7 heteroatoms. The Morgan fingerprint density at radius 2 is 2.15 bits per heavy atom. The minimum Gasteiger partial charge on any atom is -0.454 e. The van der Waals surface area contributed by atoms with E-state index < -0.39 is 0 Å². The summed E-state index contributed by atoms with van der Waals surface area (Å²) in [7, 11) is 0. The van der Waals surface area contributed by atoms with E-state index in [0.29, 0.717) is 27.3 Å². The van der Waals surface area contributed by atoms with Gasteiger partial charge in [0.15, 0.2) is 11.5 Å². The van der Waals surface area contributed by atoms with Crippen molar-refractivity contribution in [2.45, 2.75) is 6.92 Å². The summed E-state index contributed by atoms with van der Waals surface area (Å²) in [6.07, 6.45) is 1.82. The van der Waals surface area contributed by atoms with Gasteiger partial charge in [-0.25, -0.2) is 0 Å². The molecule has 3 rings (SSSR count). The van der Waals surface area contributed by atoms with Crippen LogP contribution in [0, 0.1) is 0 Å². The Kier molecular flexibility index (Phi) is 3.74. The molecule has 4 nitrogen and oxygen atoms in total. The quantitative estimate of drug-likeness (QED) is 0.588. The predicted octanol–water partition coefficient (Wildman–Crippen LogP) is 3.40. The van der Waals surface area contributed by atoms with Crippen LogP contribution in [-0.2, 0) is 4.79 Å². The topological polar surface area (TPSA) is 38.8 Å². The van der Waals surface area contributed by atoms with Crippen LogP contribution >= 0.6 is 39.9 Å². The lowest BCUT2D eigenvalue weighted by Crippen LogP contribution is -2.27. The van der Waals surface area contributed by atoms with Crippen molar-refractivity contribution in [3.05, 3.63) is 27.1 Å². The van der Waals surface area contributed by atoms with Crippen molar-refractivity contribution in [1.82, 2.24) is 4.90 Å². The molecule has 0 radical (unpaired) electrons. The predicted molar refractivity (Wildman–Crippen MR) is 85.8 cm³/mol. The third-order valence-corrected chi connectivity index (χ3v) is 5.03. The Morgan fingerprint density at radius 3 is 2.80 bits per heavy atom. The summed E-state index contributed by atoms with van der Waals surface area (Å²) < 4.78 is 12.1. The molecule has 2 heterocycles. The highest BCUT2D eigenvalue weighted by Gasteiger charge is 2.31. The maximum absolute atomic E-state index is 12.2. The number of halogens is 1. The van der Waals surface area contributed by atoms with Crippen LogP contribution in [0.25, 0.3) is 6.08 Å². The number of rotatable bonds is 2. The second-order valence-electron chi connectivity index (χ2n) is 4.15. The number of nitrogens with zero attached hydrogens (tertiary/aromatic N) is 1. The van der Waals surface area contributed by atoms with Crippen molar-refractivity contribution in [3.8, 4) is 11.5 Å². The number of ether oxygens (including phenoxy) is 2. The molecule has 1 fully saturated rings. The maximum atomic E-state index is 12.2. The van der Waals surface area contributed by atoms with E-state index in [1.807, 2.05) is 25.1 Å². The number of thioether (sulfide) groups is 1. The fourth-order valence-electron chi connectivity index (χ4n) is 1.96. The number of benzene rings is 1. The zero-order chi connectivity index (χ0) is 14.3. The SMILES string of the molecule is CCN1C(=O)/C(=C\c2cc3c(cc2Br)OCO3)SC1=S. The van der Waals surface area contributed by atoms with Gasteiger partial charge in [0.2, 0.25) is 6.79 Å². The zero-order valence-corrected chi connectivity index (χ0v) is 13.7. The van der Waals surface area contributed by atoms with Crippen LogP contribution in [-0.4, -0.2) is 28.5 Å². The molecular formula is C13H10BrNO3S2. The first-order valence-corrected chi connectivity index (χ1v) is 7.96. The minimum absolute atomic E-state index is 0.0490. The summed E-state index contributed by atoms with van der Waals surface area (Å²) in [5, 5.41) is 0. The minimum atomic E-state index is -0.0490. The monoisotopic (exact) mass is 371 g/mol. The first kappa shape index (κ1) is 13.9. The Labute approximate surface area is 134 Å². The van der Waals surface area contributed by atoms with Crippen LogP contribution in [0.2, 0.25) is 0 Å². The molecule has 0 spiro atoms. The fraction of sp³-hybridized carbons (Fsp3) is 0.231. The Morgan fingerprint density at radius 1 is 1.45 bits per heavy atom. The normalized spacial score (nSPS) is 19.3. The molecule has 20 heavy (non-hydrogen) atoms. The van der Waals surface area contributed by atoms with Gasteiger partial charge >= 0.3 is 0 Å². The van der Waals surface area contributed by atoms with Gasteiger partial charge in [-0.15, -0.1) is 0 Å². The van der Waals surface area contributed by atoms with E-state index in [1.165, 1.54) is 11.8 Å². The highest BCUT2D eigenvalue weighted by atomic mass is 79.9. The first-order valence-electron chi connectivity index (χ1n) is 5.94. The fourth-order valence-corrected chi connectivity index (χ4v) is 3.77. The van der Waals surface area contributed by atoms with Gasteiger partial charge in [0.25, 0.3) is 5.91 Å². The van der Waals surface area contributed by atoms with E-state index >= 15 is 0 Å². The molecule has 104 valence electrons. The van der Waals surface area contributed by atoms with Gasteiger partial charge in [0.1, 0.15) is 4.32 Å². The highest BCUT2D eigenvalue weighted by Crippen LogP contribution is 2.39. The summed E-state index contributed by atoms with van der Waals surface area (Å²) in [4.78, 5) is 14.4. The summed E-state index contributed by atoms with van der Waals surface area (Å²) >= 11 is 9.99. The molecule has 1 aromatic rings. The summed E-state index contributed by atoms with van der Waals surface area (Å²) in [5.41, 5.74) is 0.867. The largest absolute Gasteiger partial charge is 0.454 e. The van der Waals surface area contributed by atoms with Crippen molar-refractivity contribution in [2.75, 3.05) is 13.3 Å². The number of carbonyl (C=O) groups excluding carboxylic acids is 1. The second kappa shape index (κ2) is 5.38. The molecule has 1 amide bonds. The molecule has 1 aromatic carbocycles. The average molecular weight is 372 g/mol. The van der Waals surface area contributed by atoms with E-state index in [2.05, 4.69) is 15.9 Å². The molecule has 0 N–H and O–H groups in total. The molecule has 0 unspecified atom stereocenters. The lowest BCUT2D eigenvalue weighted by Gasteiger charge is -2.09. The molecule has 2 aliphatic rings. The van der Waals surface area contributed by atoms with Gasteiger partial charge in [0, 0.05) is 11.0 Å². The molecule has 1 saturated heterocycles. The van der Waals surface area contributed by atoms with Crippen LogP contribution in [0.4, 0.5) is 0 Å². The van der Waals surface area contributed by atoms with Gasteiger partial charge in [-0.3, -0.25) is 9.69 Å². The molecule has 0 aliphatic carbocycles. The van der Waals surface area contributed by atoms with Crippen molar-refractivity contribution >= 4 is 56.2 Å². The summed E-state index contributed by atoms with van der Waals surface area (Å²) in [5.74, 6) is 1.34. The van der Waals surface area contributed by atoms with Crippen LogP contribution in [0.1, 0.15) is 12.5 Å². The van der Waals surface area contributed by atoms with E-state index in [0.717, 1.165) is 10.0 Å². The van der Waals surface area contributed by atoms with Crippen molar-refractivity contribution in [3.63, 3.8) is 0 Å². The molecule has 0 atom stereocenters. The van der Waals surface area contributed by atoms with Crippen molar-refractivity contribution in [2.24, 2.45) is 0 Å². The number of carbonyl (C=O) groups is 1. The standard InChI is InChI=1S/C13H10BrNO3S2/c1-2-15-12(16)11(20-13(15)19)4-7-3-9-10(5-8(7)14)18-6-17-9/h3-5H,2,6H2,1H3/b11-4+. The summed E-state index contributed by atoms with van der Waals surface area (Å²) in [6, 6.07) is 3.69. The van der Waals surface area contributed by atoms with Gasteiger partial charge in [0.05, 0.1) is 4.91 Å². The van der Waals surface area contributed by atoms with Crippen molar-refractivity contribution in [1.29, 1.82) is 0 Å². The Bertz CT molecular complexity index is 645. The molecule has 0 saturated carbocycles. The Hall–Kier alpha value is -1.05. The first-order chi connectivity index (χ1) is 9.60. The van der Waals surface area contributed by atoms with Crippen LogP contribution < -0.4 is 9.47 Å². The van der Waals surface area contributed by atoms with Crippen molar-refractivity contribution < 1.29 is 14.3 Å². The number of thiocarbonyl (C=S) groups is 1. The van der Waals surface area contributed by atoms with Gasteiger partial charge < -0.3 is 9.47 Å². The van der Waals surface area contributed by atoms with Gasteiger partial charge in [-0.1, -0.05) is 39.9 Å². The molecule has 0 aromatic heterocycles. The smallest absolute Gasteiger partial charge is 0.266 e. The molecule has 0 bridgehead atoms. The van der Waals surface area contributed by atoms with Crippen LogP contribution in [0.15, 0.2) is 21.5 Å². The lowest BCUT2D eigenvalue weighted by molar-refractivity contribution is -0.121. The van der Waals surface area contributed by atoms with E-state index in [1.54, 1.807) is 4.90 Å². The number of amides is 1. The number of hydrogen-bond acceptors (Lipinski definition) is 5. The maximum Gasteiger partial charge on any atom is 0.266 e. The van der Waals surface area contributed by atoms with Gasteiger partial charge in [-0.05, 0) is 30.7 Å². The Balaban J connectivity index is 1.97. The third-order valence-electron chi connectivity index (χ3n) is 2.97. The second-order valence-corrected chi connectivity index (χ2v) is 6.68. The van der Waals surface area contributed by atoms with E-state index in [4.69, 9.17) is 21.7 Å². The molecular weight excluding hydrogens is 362 g/mol. The number of hydrogen-bond donors (Lipinski definition) is 0. The summed E-state index contributed by atoms with van der Waals surface area (Å²) in [6.45, 7) is 2.72. The number of fused-ring (bicyclic) bond motifs is 1. The highest BCUT2D eigenvalue weighted by molar-refractivity contribution is 9.10. The average Bonchev–Trinajstić information content (AvgIpc) is 2.95. The van der Waals surface area contributed by atoms with E-state index in [-0.39, 0.29) is 12.7 Å². The van der Waals surface area contributed by atoms with E-state index in [9.17, 15) is 4.79 Å². The van der Waals surface area contributed by atoms with Crippen LogP contribution in [0.5, 0.6) is 11.5 Å². The third kappa shape index (κ3) is 2.34. The zero-order valence-electron chi connectivity index (χ0n) is 10.5. The number of likely N-dealkylation sites (N-methyl/N-ethyl adjacent to an activating group) is 1. The van der Waals surface area contributed by atoms with Gasteiger partial charge in [-0.2, -0.15) is 0 Å². The lowest BCUT2D eigenvalue weighted by atomic mass is 10.2.